The molecule has 0 atom stereocenters. The molecule has 0 saturated heterocycles. The molecule has 0 radical (unpaired) electrons. The topological polar surface area (TPSA) is 55.1 Å². The van der Waals surface area contributed by atoms with E-state index in [1.54, 1.807) is 12.1 Å². The van der Waals surface area contributed by atoms with Gasteiger partial charge in [0.2, 0.25) is 5.91 Å². The minimum atomic E-state index is -0.356. The van der Waals surface area contributed by atoms with Crippen molar-refractivity contribution >= 4 is 39.1 Å². The predicted molar refractivity (Wildman–Crippen MR) is 68.5 cm³/mol. The van der Waals surface area contributed by atoms with Crippen LogP contribution in [0.3, 0.4) is 0 Å². The van der Waals surface area contributed by atoms with Gasteiger partial charge in [-0.25, -0.2) is 0 Å². The molecule has 1 aromatic rings. The highest BCUT2D eigenvalue weighted by molar-refractivity contribution is 9.10. The molecule has 2 rings (SSSR count). The Balaban J connectivity index is 2.15. The van der Waals surface area contributed by atoms with Gasteiger partial charge in [-0.2, -0.15) is 0 Å². The number of amides is 1. The van der Waals surface area contributed by atoms with Gasteiger partial charge in [0.1, 0.15) is 0 Å². The highest BCUT2D eigenvalue weighted by Gasteiger charge is 2.48. The van der Waals surface area contributed by atoms with Crippen LogP contribution in [0.4, 0.5) is 5.69 Å². The van der Waals surface area contributed by atoms with E-state index in [4.69, 9.17) is 17.3 Å². The molecule has 0 heterocycles. The fraction of sp³-hybridized carbons (Fsp3) is 0.364. The summed E-state index contributed by atoms with van der Waals surface area (Å²) in [6.07, 6.45) is 1.72. The summed E-state index contributed by atoms with van der Waals surface area (Å²) in [4.78, 5) is 11.9. The monoisotopic (exact) mass is 302 g/mol. The molecule has 1 aromatic carbocycles. The summed E-state index contributed by atoms with van der Waals surface area (Å²) in [5.41, 5.74) is 5.86. The Bertz CT molecular complexity index is 432. The standard InChI is InChI=1S/C11H12BrClN2O/c12-7-1-2-8(13)9(5-7)15-10(16)11(6-14)3-4-11/h1-2,5H,3-4,6,14H2,(H,15,16). The number of carbonyl (C=O) groups excluding carboxylic acids is 1. The van der Waals surface area contributed by atoms with Crippen LogP contribution in [0.2, 0.25) is 5.02 Å². The summed E-state index contributed by atoms with van der Waals surface area (Å²) >= 11 is 9.32. The Labute approximate surface area is 107 Å². The molecule has 1 aliphatic carbocycles. The molecule has 0 unspecified atom stereocenters. The third kappa shape index (κ3) is 2.24. The van der Waals surface area contributed by atoms with E-state index in [-0.39, 0.29) is 11.3 Å². The molecule has 3 nitrogen and oxygen atoms in total. The predicted octanol–water partition coefficient (Wildman–Crippen LogP) is 2.78. The van der Waals surface area contributed by atoms with Crippen molar-refractivity contribution in [2.75, 3.05) is 11.9 Å². The Kier molecular flexibility index (Phi) is 3.24. The molecule has 1 saturated carbocycles. The van der Waals surface area contributed by atoms with Gasteiger partial charge in [-0.15, -0.1) is 0 Å². The maximum Gasteiger partial charge on any atom is 0.231 e. The molecule has 16 heavy (non-hydrogen) atoms. The van der Waals surface area contributed by atoms with Crippen LogP contribution >= 0.6 is 27.5 Å². The number of anilines is 1. The van der Waals surface area contributed by atoms with E-state index in [1.807, 2.05) is 6.07 Å². The van der Waals surface area contributed by atoms with Gasteiger partial charge < -0.3 is 11.1 Å². The average Bonchev–Trinajstić information content (AvgIpc) is 3.04. The summed E-state index contributed by atoms with van der Waals surface area (Å²) in [6, 6.07) is 5.35. The lowest BCUT2D eigenvalue weighted by atomic mass is 10.1. The van der Waals surface area contributed by atoms with Crippen molar-refractivity contribution in [2.45, 2.75) is 12.8 Å². The number of benzene rings is 1. The number of carbonyl (C=O) groups is 1. The molecular formula is C11H12BrClN2O. The minimum absolute atomic E-state index is 0.0324. The van der Waals surface area contributed by atoms with Gasteiger partial charge in [-0.1, -0.05) is 27.5 Å². The number of halogens is 2. The fourth-order valence-electron chi connectivity index (χ4n) is 1.52. The van der Waals surface area contributed by atoms with Crippen molar-refractivity contribution in [2.24, 2.45) is 11.1 Å². The van der Waals surface area contributed by atoms with Gasteiger partial charge >= 0.3 is 0 Å². The smallest absolute Gasteiger partial charge is 0.231 e. The normalized spacial score (nSPS) is 16.9. The van der Waals surface area contributed by atoms with Crippen LogP contribution in [0.5, 0.6) is 0 Å². The fourth-order valence-corrected chi connectivity index (χ4v) is 2.05. The van der Waals surface area contributed by atoms with Crippen molar-refractivity contribution in [3.8, 4) is 0 Å². The van der Waals surface area contributed by atoms with Gasteiger partial charge in [-0.3, -0.25) is 4.79 Å². The van der Waals surface area contributed by atoms with Crippen LogP contribution < -0.4 is 11.1 Å². The van der Waals surface area contributed by atoms with Crippen molar-refractivity contribution in [3.63, 3.8) is 0 Å². The first-order valence-electron chi connectivity index (χ1n) is 5.04. The Morgan fingerprint density at radius 2 is 2.25 bits per heavy atom. The summed E-state index contributed by atoms with van der Waals surface area (Å²) in [6.45, 7) is 0.393. The van der Waals surface area contributed by atoms with E-state index in [2.05, 4.69) is 21.2 Å². The zero-order valence-corrected chi connectivity index (χ0v) is 10.9. The third-order valence-electron chi connectivity index (χ3n) is 2.90. The Morgan fingerprint density at radius 3 is 2.81 bits per heavy atom. The van der Waals surface area contributed by atoms with Gasteiger partial charge in [-0.05, 0) is 31.0 Å². The van der Waals surface area contributed by atoms with Crippen LogP contribution in [0.15, 0.2) is 22.7 Å². The molecule has 3 N–H and O–H groups in total. The lowest BCUT2D eigenvalue weighted by Gasteiger charge is -2.13. The SMILES string of the molecule is NCC1(C(=O)Nc2cc(Br)ccc2Cl)CC1. The molecule has 5 heteroatoms. The van der Waals surface area contributed by atoms with Gasteiger partial charge in [0, 0.05) is 11.0 Å². The molecule has 86 valence electrons. The lowest BCUT2D eigenvalue weighted by molar-refractivity contribution is -0.120. The maximum absolute atomic E-state index is 11.9. The van der Waals surface area contributed by atoms with Crippen molar-refractivity contribution in [3.05, 3.63) is 27.7 Å². The van der Waals surface area contributed by atoms with Crippen LogP contribution in [0.1, 0.15) is 12.8 Å². The highest BCUT2D eigenvalue weighted by Crippen LogP contribution is 2.45. The largest absolute Gasteiger partial charge is 0.329 e. The molecule has 1 aliphatic rings. The molecule has 1 amide bonds. The number of nitrogens with two attached hydrogens (primary N) is 1. The van der Waals surface area contributed by atoms with E-state index < -0.39 is 0 Å². The van der Waals surface area contributed by atoms with Gasteiger partial charge in [0.05, 0.1) is 16.1 Å². The molecule has 0 aliphatic heterocycles. The second-order valence-corrected chi connectivity index (χ2v) is 5.39. The second kappa shape index (κ2) is 4.35. The van der Waals surface area contributed by atoms with Crippen molar-refractivity contribution < 1.29 is 4.79 Å². The summed E-state index contributed by atoms with van der Waals surface area (Å²) in [5.74, 6) is -0.0324. The zero-order valence-electron chi connectivity index (χ0n) is 8.59. The first-order chi connectivity index (χ1) is 7.57. The summed E-state index contributed by atoms with van der Waals surface area (Å²) in [5, 5.41) is 3.36. The number of rotatable bonds is 3. The maximum atomic E-state index is 11.9. The molecule has 1 fully saturated rings. The van der Waals surface area contributed by atoms with Crippen LogP contribution in [0, 0.1) is 5.41 Å². The summed E-state index contributed by atoms with van der Waals surface area (Å²) < 4.78 is 0.879. The quantitative estimate of drug-likeness (QED) is 0.902. The van der Waals surface area contributed by atoms with Gasteiger partial charge in [0.25, 0.3) is 0 Å². The van der Waals surface area contributed by atoms with E-state index in [0.717, 1.165) is 17.3 Å². The van der Waals surface area contributed by atoms with E-state index in [0.29, 0.717) is 17.3 Å². The Morgan fingerprint density at radius 1 is 1.56 bits per heavy atom. The van der Waals surface area contributed by atoms with Crippen LogP contribution in [-0.4, -0.2) is 12.5 Å². The first kappa shape index (κ1) is 11.9. The molecule has 0 aromatic heterocycles. The first-order valence-corrected chi connectivity index (χ1v) is 6.21. The lowest BCUT2D eigenvalue weighted by Crippen LogP contribution is -2.30. The Hall–Kier alpha value is -0.580. The minimum Gasteiger partial charge on any atom is -0.329 e. The van der Waals surface area contributed by atoms with Crippen LogP contribution in [0.25, 0.3) is 0 Å². The number of nitrogens with one attached hydrogen (secondary N) is 1. The van der Waals surface area contributed by atoms with E-state index >= 15 is 0 Å². The average molecular weight is 304 g/mol. The van der Waals surface area contributed by atoms with E-state index in [1.165, 1.54) is 0 Å². The highest BCUT2D eigenvalue weighted by atomic mass is 79.9. The number of hydrogen-bond donors (Lipinski definition) is 2. The van der Waals surface area contributed by atoms with Crippen molar-refractivity contribution in [1.29, 1.82) is 0 Å². The zero-order chi connectivity index (χ0) is 11.8. The molecular weight excluding hydrogens is 291 g/mol. The van der Waals surface area contributed by atoms with Gasteiger partial charge in [0.15, 0.2) is 0 Å². The van der Waals surface area contributed by atoms with E-state index in [9.17, 15) is 4.79 Å². The van der Waals surface area contributed by atoms with Crippen molar-refractivity contribution in [1.82, 2.24) is 0 Å². The molecule has 0 spiro atoms. The number of hydrogen-bond acceptors (Lipinski definition) is 2. The second-order valence-electron chi connectivity index (χ2n) is 4.06. The molecule has 0 bridgehead atoms. The van der Waals surface area contributed by atoms with Crippen LogP contribution in [-0.2, 0) is 4.79 Å². The third-order valence-corrected chi connectivity index (χ3v) is 3.73. The summed E-state index contributed by atoms with van der Waals surface area (Å²) in [7, 11) is 0.